The van der Waals surface area contributed by atoms with Crippen molar-refractivity contribution >= 4 is 17.1 Å². The minimum absolute atomic E-state index is 0.0222. The molecule has 1 aromatic heterocycles. The molecule has 0 radical (unpaired) electrons. The Kier molecular flexibility index (Phi) is 4.85. The number of urea groups is 1. The Hall–Kier alpha value is -2.08. The molecule has 6 nitrogen and oxygen atoms in total. The number of likely N-dealkylation sites (tertiary alicyclic amines) is 2. The van der Waals surface area contributed by atoms with E-state index < -0.39 is 0 Å². The smallest absolute Gasteiger partial charge is 0.317 e. The highest BCUT2D eigenvalue weighted by molar-refractivity contribution is 5.77. The molecule has 2 saturated heterocycles. The van der Waals surface area contributed by atoms with Gasteiger partial charge in [-0.05, 0) is 70.3 Å². The second-order valence-electron chi connectivity index (χ2n) is 7.78. The van der Waals surface area contributed by atoms with E-state index in [-0.39, 0.29) is 12.1 Å². The molecule has 2 N–H and O–H groups in total. The number of benzene rings is 1. The topological polar surface area (TPSA) is 64.3 Å². The maximum Gasteiger partial charge on any atom is 0.317 e. The van der Waals surface area contributed by atoms with E-state index in [1.807, 2.05) is 17.9 Å². The monoisotopic (exact) mass is 355 g/mol. The number of aryl methyl sites for hydroxylation is 1. The van der Waals surface area contributed by atoms with Crippen molar-refractivity contribution in [1.82, 2.24) is 25.1 Å². The van der Waals surface area contributed by atoms with Crippen LogP contribution in [0.25, 0.3) is 11.0 Å². The first-order valence-corrected chi connectivity index (χ1v) is 9.86. The van der Waals surface area contributed by atoms with Crippen LogP contribution in [0, 0.1) is 6.92 Å². The van der Waals surface area contributed by atoms with Crippen LogP contribution in [-0.4, -0.2) is 58.0 Å². The summed E-state index contributed by atoms with van der Waals surface area (Å²) in [4.78, 5) is 25.2. The third-order valence-electron chi connectivity index (χ3n) is 5.81. The van der Waals surface area contributed by atoms with Gasteiger partial charge in [0.25, 0.3) is 0 Å². The molecule has 2 aliphatic heterocycles. The summed E-state index contributed by atoms with van der Waals surface area (Å²) in [6.45, 7) is 8.22. The molecule has 2 amide bonds. The van der Waals surface area contributed by atoms with Gasteiger partial charge in [0.1, 0.15) is 5.82 Å². The molecule has 26 heavy (non-hydrogen) atoms. The Morgan fingerprint density at radius 2 is 1.96 bits per heavy atom. The fraction of sp³-hybridized carbons (Fsp3) is 0.600. The van der Waals surface area contributed by atoms with E-state index in [9.17, 15) is 4.79 Å². The van der Waals surface area contributed by atoms with E-state index >= 15 is 0 Å². The Bertz CT molecular complexity index is 772. The first kappa shape index (κ1) is 17.3. The average molecular weight is 355 g/mol. The van der Waals surface area contributed by atoms with Crippen LogP contribution < -0.4 is 5.32 Å². The van der Waals surface area contributed by atoms with Gasteiger partial charge in [-0.2, -0.15) is 0 Å². The van der Waals surface area contributed by atoms with Crippen molar-refractivity contribution in [2.45, 2.75) is 51.6 Å². The van der Waals surface area contributed by atoms with Crippen LogP contribution in [0.3, 0.4) is 0 Å². The van der Waals surface area contributed by atoms with Crippen molar-refractivity contribution in [3.05, 3.63) is 29.6 Å². The first-order valence-electron chi connectivity index (χ1n) is 9.86. The number of hydrogen-bond donors (Lipinski definition) is 2. The Morgan fingerprint density at radius 1 is 1.23 bits per heavy atom. The van der Waals surface area contributed by atoms with Gasteiger partial charge in [-0.3, -0.25) is 0 Å². The van der Waals surface area contributed by atoms with Crippen LogP contribution in [0.4, 0.5) is 4.79 Å². The number of nitrogens with one attached hydrogen (secondary N) is 2. The standard InChI is InChI=1S/C20H29N5O/c1-14-5-6-17-18(13-14)23-19(22-17)15(2)21-20(26)25-11-7-16(8-12-25)24-9-3-4-10-24/h5-6,13,15-16H,3-4,7-12H2,1-2H3,(H,21,26)(H,22,23). The van der Waals surface area contributed by atoms with Crippen LogP contribution in [0.15, 0.2) is 18.2 Å². The van der Waals surface area contributed by atoms with Gasteiger partial charge in [-0.25, -0.2) is 9.78 Å². The molecule has 3 heterocycles. The first-order chi connectivity index (χ1) is 12.6. The van der Waals surface area contributed by atoms with Crippen LogP contribution in [0.1, 0.15) is 50.0 Å². The summed E-state index contributed by atoms with van der Waals surface area (Å²) < 4.78 is 0. The van der Waals surface area contributed by atoms with Crippen molar-refractivity contribution in [2.24, 2.45) is 0 Å². The molecule has 0 bridgehead atoms. The molecule has 0 saturated carbocycles. The number of aromatic nitrogens is 2. The lowest BCUT2D eigenvalue weighted by Crippen LogP contribution is -2.49. The number of piperidine rings is 1. The molecule has 2 fully saturated rings. The Labute approximate surface area is 155 Å². The summed E-state index contributed by atoms with van der Waals surface area (Å²) in [5.41, 5.74) is 3.16. The van der Waals surface area contributed by atoms with Crippen molar-refractivity contribution in [2.75, 3.05) is 26.2 Å². The number of imidazole rings is 1. The summed E-state index contributed by atoms with van der Waals surface area (Å²) in [6, 6.07) is 6.71. The average Bonchev–Trinajstić information content (AvgIpc) is 3.31. The minimum Gasteiger partial charge on any atom is -0.340 e. The van der Waals surface area contributed by atoms with Crippen LogP contribution in [0.5, 0.6) is 0 Å². The number of carbonyl (C=O) groups is 1. The number of carbonyl (C=O) groups excluding carboxylic acids is 1. The second-order valence-corrected chi connectivity index (χ2v) is 7.78. The third-order valence-corrected chi connectivity index (χ3v) is 5.81. The number of amides is 2. The van der Waals surface area contributed by atoms with Gasteiger partial charge in [0.2, 0.25) is 0 Å². The van der Waals surface area contributed by atoms with Crippen molar-refractivity contribution in [3.8, 4) is 0 Å². The quantitative estimate of drug-likeness (QED) is 0.889. The molecule has 4 rings (SSSR count). The molecule has 2 aliphatic rings. The second kappa shape index (κ2) is 7.27. The molecule has 1 unspecified atom stereocenters. The van der Waals surface area contributed by atoms with Gasteiger partial charge in [0, 0.05) is 19.1 Å². The lowest BCUT2D eigenvalue weighted by Gasteiger charge is -2.36. The van der Waals surface area contributed by atoms with E-state index in [0.29, 0.717) is 6.04 Å². The Morgan fingerprint density at radius 3 is 2.69 bits per heavy atom. The predicted molar refractivity (Wildman–Crippen MR) is 103 cm³/mol. The van der Waals surface area contributed by atoms with E-state index in [0.717, 1.165) is 42.8 Å². The van der Waals surface area contributed by atoms with Gasteiger partial charge in [0.15, 0.2) is 0 Å². The molecular weight excluding hydrogens is 326 g/mol. The highest BCUT2D eigenvalue weighted by atomic mass is 16.2. The van der Waals surface area contributed by atoms with Gasteiger partial charge < -0.3 is 20.1 Å². The largest absolute Gasteiger partial charge is 0.340 e. The van der Waals surface area contributed by atoms with E-state index in [4.69, 9.17) is 0 Å². The summed E-state index contributed by atoms with van der Waals surface area (Å²) in [6.07, 6.45) is 4.84. The van der Waals surface area contributed by atoms with E-state index in [1.165, 1.54) is 31.5 Å². The number of nitrogens with zero attached hydrogens (tertiary/aromatic N) is 3. The summed E-state index contributed by atoms with van der Waals surface area (Å²) in [5.74, 6) is 0.811. The summed E-state index contributed by atoms with van der Waals surface area (Å²) >= 11 is 0. The number of hydrogen-bond acceptors (Lipinski definition) is 3. The number of fused-ring (bicyclic) bond motifs is 1. The minimum atomic E-state index is -0.133. The molecular formula is C20H29N5O. The molecule has 1 atom stereocenters. The molecule has 1 aromatic carbocycles. The third kappa shape index (κ3) is 3.56. The Balaban J connectivity index is 1.33. The summed E-state index contributed by atoms with van der Waals surface area (Å²) in [7, 11) is 0. The zero-order valence-corrected chi connectivity index (χ0v) is 15.8. The predicted octanol–water partition coefficient (Wildman–Crippen LogP) is 3.20. The fourth-order valence-corrected chi connectivity index (χ4v) is 4.23. The van der Waals surface area contributed by atoms with Gasteiger partial charge >= 0.3 is 6.03 Å². The van der Waals surface area contributed by atoms with Crippen molar-refractivity contribution < 1.29 is 4.79 Å². The lowest BCUT2D eigenvalue weighted by molar-refractivity contribution is 0.132. The summed E-state index contributed by atoms with van der Waals surface area (Å²) in [5, 5.41) is 3.11. The van der Waals surface area contributed by atoms with Crippen LogP contribution in [0.2, 0.25) is 0 Å². The van der Waals surface area contributed by atoms with E-state index in [2.05, 4.69) is 39.2 Å². The van der Waals surface area contributed by atoms with E-state index in [1.54, 1.807) is 0 Å². The van der Waals surface area contributed by atoms with Crippen LogP contribution >= 0.6 is 0 Å². The number of aromatic amines is 1. The zero-order chi connectivity index (χ0) is 18.1. The van der Waals surface area contributed by atoms with Gasteiger partial charge in [0.05, 0.1) is 17.1 Å². The fourth-order valence-electron chi connectivity index (χ4n) is 4.23. The van der Waals surface area contributed by atoms with Crippen molar-refractivity contribution in [1.29, 1.82) is 0 Å². The van der Waals surface area contributed by atoms with Gasteiger partial charge in [-0.15, -0.1) is 0 Å². The molecule has 2 aromatic rings. The SMILES string of the molecule is Cc1ccc2nc(C(C)NC(=O)N3CCC(N4CCCC4)CC3)[nH]c2c1. The van der Waals surface area contributed by atoms with Crippen LogP contribution in [-0.2, 0) is 0 Å². The zero-order valence-electron chi connectivity index (χ0n) is 15.8. The number of rotatable bonds is 3. The molecule has 6 heteroatoms. The van der Waals surface area contributed by atoms with Gasteiger partial charge in [-0.1, -0.05) is 6.07 Å². The molecule has 140 valence electrons. The highest BCUT2D eigenvalue weighted by Crippen LogP contribution is 2.22. The normalized spacial score (nSPS) is 20.6. The lowest BCUT2D eigenvalue weighted by atomic mass is 10.0. The maximum atomic E-state index is 12.6. The van der Waals surface area contributed by atoms with Crippen molar-refractivity contribution in [3.63, 3.8) is 0 Å². The molecule has 0 aliphatic carbocycles. The maximum absolute atomic E-state index is 12.6. The highest BCUT2D eigenvalue weighted by Gasteiger charge is 2.28. The molecule has 0 spiro atoms. The number of H-pyrrole nitrogens is 1.